The number of pyridine rings is 1. The third kappa shape index (κ3) is 5.54. The van der Waals surface area contributed by atoms with Crippen molar-refractivity contribution in [2.75, 3.05) is 16.0 Å². The molecule has 8 heteroatoms. The van der Waals surface area contributed by atoms with E-state index < -0.39 is 0 Å². The van der Waals surface area contributed by atoms with Gasteiger partial charge in [-0.15, -0.1) is 0 Å². The number of halogens is 1. The highest BCUT2D eigenvalue weighted by Gasteiger charge is 2.09. The monoisotopic (exact) mass is 522 g/mol. The lowest BCUT2D eigenvalue weighted by atomic mass is 10.2. The summed E-state index contributed by atoms with van der Waals surface area (Å²) in [5.41, 5.74) is 2.20. The van der Waals surface area contributed by atoms with Gasteiger partial charge in [0.2, 0.25) is 0 Å². The highest BCUT2D eigenvalue weighted by atomic mass is 127. The van der Waals surface area contributed by atoms with Crippen LogP contribution in [-0.2, 0) is 0 Å². The van der Waals surface area contributed by atoms with Crippen LogP contribution in [0.5, 0.6) is 0 Å². The minimum atomic E-state index is -0.137. The van der Waals surface area contributed by atoms with Crippen molar-refractivity contribution in [3.63, 3.8) is 0 Å². The van der Waals surface area contributed by atoms with E-state index >= 15 is 0 Å². The molecule has 2 aromatic heterocycles. The Morgan fingerprint density at radius 2 is 1.48 bits per heavy atom. The van der Waals surface area contributed by atoms with Gasteiger partial charge in [-0.2, -0.15) is 0 Å². The van der Waals surface area contributed by atoms with E-state index in [0.29, 0.717) is 34.5 Å². The van der Waals surface area contributed by atoms with Gasteiger partial charge in [0.15, 0.2) is 0 Å². The molecule has 0 unspecified atom stereocenters. The van der Waals surface area contributed by atoms with E-state index in [0.717, 1.165) is 9.26 Å². The standard InChI is InChI=1S/C23H19IN6O/c1-15-26-21(14-22(27-15)30-20-8-4-5-13-25-20)28-16-9-11-17(12-10-16)29-23(31)18-6-2-3-7-19(18)24/h2-14H,1H3,(H,29,31)(H2,25,26,27,28,30). The van der Waals surface area contributed by atoms with Crippen molar-refractivity contribution in [1.82, 2.24) is 15.0 Å². The van der Waals surface area contributed by atoms with Crippen LogP contribution in [0.3, 0.4) is 0 Å². The molecule has 3 N–H and O–H groups in total. The molecule has 0 saturated carbocycles. The molecule has 0 fully saturated rings. The number of carbonyl (C=O) groups is 1. The number of amides is 1. The maximum atomic E-state index is 12.5. The molecule has 0 aliphatic heterocycles. The molecule has 0 bridgehead atoms. The summed E-state index contributed by atoms with van der Waals surface area (Å²) >= 11 is 2.16. The lowest BCUT2D eigenvalue weighted by molar-refractivity contribution is 0.102. The molecule has 2 aromatic carbocycles. The second-order valence-corrected chi connectivity index (χ2v) is 7.82. The molecule has 0 spiro atoms. The van der Waals surface area contributed by atoms with Gasteiger partial charge in [0.05, 0.1) is 5.56 Å². The summed E-state index contributed by atoms with van der Waals surface area (Å²) in [4.78, 5) is 25.6. The highest BCUT2D eigenvalue weighted by Crippen LogP contribution is 2.22. The molecule has 0 aliphatic rings. The molecular formula is C23H19IN6O. The fraction of sp³-hybridized carbons (Fsp3) is 0.0435. The van der Waals surface area contributed by atoms with Gasteiger partial charge in [-0.25, -0.2) is 15.0 Å². The third-order valence-electron chi connectivity index (χ3n) is 4.29. The van der Waals surface area contributed by atoms with E-state index in [1.54, 1.807) is 12.3 Å². The summed E-state index contributed by atoms with van der Waals surface area (Å²) in [6.45, 7) is 1.83. The van der Waals surface area contributed by atoms with Crippen LogP contribution in [-0.4, -0.2) is 20.9 Å². The Labute approximate surface area is 193 Å². The minimum Gasteiger partial charge on any atom is -0.340 e. The van der Waals surface area contributed by atoms with Gasteiger partial charge in [0.1, 0.15) is 23.3 Å². The molecule has 2 heterocycles. The van der Waals surface area contributed by atoms with Crippen LogP contribution >= 0.6 is 22.6 Å². The fourth-order valence-corrected chi connectivity index (χ4v) is 3.52. The number of nitrogens with zero attached hydrogens (tertiary/aromatic N) is 3. The average molecular weight is 522 g/mol. The van der Waals surface area contributed by atoms with Crippen LogP contribution < -0.4 is 16.0 Å². The van der Waals surface area contributed by atoms with Crippen molar-refractivity contribution in [2.45, 2.75) is 6.92 Å². The average Bonchev–Trinajstić information content (AvgIpc) is 2.76. The van der Waals surface area contributed by atoms with E-state index in [9.17, 15) is 4.79 Å². The molecule has 4 aromatic rings. The molecule has 0 saturated heterocycles. The van der Waals surface area contributed by atoms with Gasteiger partial charge in [0.25, 0.3) is 5.91 Å². The first-order valence-corrected chi connectivity index (χ1v) is 10.6. The van der Waals surface area contributed by atoms with Crippen molar-refractivity contribution >= 4 is 57.3 Å². The number of aromatic nitrogens is 3. The molecular weight excluding hydrogens is 503 g/mol. The van der Waals surface area contributed by atoms with E-state index in [2.05, 4.69) is 53.5 Å². The molecule has 7 nitrogen and oxygen atoms in total. The number of aryl methyl sites for hydroxylation is 1. The largest absolute Gasteiger partial charge is 0.340 e. The van der Waals surface area contributed by atoms with Crippen molar-refractivity contribution < 1.29 is 4.79 Å². The number of hydrogen-bond donors (Lipinski definition) is 3. The Hall–Kier alpha value is -3.53. The molecule has 0 aliphatic carbocycles. The van der Waals surface area contributed by atoms with E-state index in [1.165, 1.54) is 0 Å². The quantitative estimate of drug-likeness (QED) is 0.289. The van der Waals surface area contributed by atoms with Gasteiger partial charge < -0.3 is 16.0 Å². The van der Waals surface area contributed by atoms with Gasteiger partial charge in [-0.1, -0.05) is 18.2 Å². The number of nitrogens with one attached hydrogen (secondary N) is 3. The third-order valence-corrected chi connectivity index (χ3v) is 5.23. The van der Waals surface area contributed by atoms with Crippen LogP contribution in [0.2, 0.25) is 0 Å². The Morgan fingerprint density at radius 1 is 0.806 bits per heavy atom. The summed E-state index contributed by atoms with van der Waals surface area (Å²) in [7, 11) is 0. The fourth-order valence-electron chi connectivity index (χ4n) is 2.89. The van der Waals surface area contributed by atoms with Gasteiger partial charge in [-0.05, 0) is 78.0 Å². The normalized spacial score (nSPS) is 10.4. The maximum absolute atomic E-state index is 12.5. The van der Waals surface area contributed by atoms with Crippen molar-refractivity contribution in [2.24, 2.45) is 0 Å². The molecule has 154 valence electrons. The van der Waals surface area contributed by atoms with Crippen LogP contribution in [0.15, 0.2) is 79.0 Å². The summed E-state index contributed by atoms with van der Waals surface area (Å²) < 4.78 is 0.908. The Morgan fingerprint density at radius 3 is 2.19 bits per heavy atom. The molecule has 1 amide bonds. The van der Waals surface area contributed by atoms with Crippen LogP contribution in [0, 0.1) is 10.5 Å². The second-order valence-electron chi connectivity index (χ2n) is 6.66. The molecule has 31 heavy (non-hydrogen) atoms. The lowest BCUT2D eigenvalue weighted by Crippen LogP contribution is -2.13. The van der Waals surface area contributed by atoms with Gasteiger partial charge >= 0.3 is 0 Å². The van der Waals surface area contributed by atoms with Crippen LogP contribution in [0.4, 0.5) is 28.8 Å². The number of benzene rings is 2. The SMILES string of the molecule is Cc1nc(Nc2ccc(NC(=O)c3ccccc3I)cc2)cc(Nc2ccccn2)n1. The maximum Gasteiger partial charge on any atom is 0.256 e. The predicted molar refractivity (Wildman–Crippen MR) is 131 cm³/mol. The molecule has 4 rings (SSSR count). The predicted octanol–water partition coefficient (Wildman–Crippen LogP) is 5.52. The summed E-state index contributed by atoms with van der Waals surface area (Å²) in [5.74, 6) is 2.50. The Kier molecular flexibility index (Phi) is 6.37. The van der Waals surface area contributed by atoms with E-state index in [1.807, 2.05) is 73.7 Å². The summed E-state index contributed by atoms with van der Waals surface area (Å²) in [5, 5.41) is 9.36. The molecule has 0 radical (unpaired) electrons. The van der Waals surface area contributed by atoms with Crippen molar-refractivity contribution in [1.29, 1.82) is 0 Å². The highest BCUT2D eigenvalue weighted by molar-refractivity contribution is 14.1. The summed E-state index contributed by atoms with van der Waals surface area (Å²) in [6.07, 6.45) is 1.72. The smallest absolute Gasteiger partial charge is 0.256 e. The Bertz CT molecular complexity index is 1200. The van der Waals surface area contributed by atoms with E-state index in [4.69, 9.17) is 0 Å². The number of hydrogen-bond acceptors (Lipinski definition) is 6. The number of anilines is 5. The number of rotatable bonds is 6. The summed E-state index contributed by atoms with van der Waals surface area (Å²) in [6, 6.07) is 22.4. The van der Waals surface area contributed by atoms with Gasteiger partial charge in [-0.3, -0.25) is 4.79 Å². The minimum absolute atomic E-state index is 0.137. The van der Waals surface area contributed by atoms with Crippen LogP contribution in [0.1, 0.15) is 16.2 Å². The van der Waals surface area contributed by atoms with Crippen LogP contribution in [0.25, 0.3) is 0 Å². The van der Waals surface area contributed by atoms with Crippen molar-refractivity contribution in [3.8, 4) is 0 Å². The molecule has 0 atom stereocenters. The number of carbonyl (C=O) groups excluding carboxylic acids is 1. The van der Waals surface area contributed by atoms with E-state index in [-0.39, 0.29) is 5.91 Å². The zero-order chi connectivity index (χ0) is 21.6. The van der Waals surface area contributed by atoms with Gasteiger partial charge in [0, 0.05) is 27.2 Å². The lowest BCUT2D eigenvalue weighted by Gasteiger charge is -2.11. The first-order chi connectivity index (χ1) is 15.1. The zero-order valence-corrected chi connectivity index (χ0v) is 18.8. The van der Waals surface area contributed by atoms with Crippen molar-refractivity contribution in [3.05, 3.63) is 94.0 Å². The Balaban J connectivity index is 1.44. The first-order valence-electron chi connectivity index (χ1n) is 9.53. The first kappa shape index (κ1) is 20.7. The topological polar surface area (TPSA) is 91.8 Å². The zero-order valence-electron chi connectivity index (χ0n) is 16.6. The second kappa shape index (κ2) is 9.52.